The Morgan fingerprint density at radius 2 is 1.69 bits per heavy atom. The highest BCUT2D eigenvalue weighted by molar-refractivity contribution is 5.92. The van der Waals surface area contributed by atoms with E-state index in [1.54, 1.807) is 32.9 Å². The molecule has 1 rings (SSSR count). The highest BCUT2D eigenvalue weighted by atomic mass is 16.6. The number of nitrogens with zero attached hydrogens (tertiary/aromatic N) is 1. The summed E-state index contributed by atoms with van der Waals surface area (Å²) in [7, 11) is 0. The normalized spacial score (nSPS) is 12.8. The number of rotatable bonds is 14. The second-order valence-electron chi connectivity index (χ2n) is 9.55. The fourth-order valence-electron chi connectivity index (χ4n) is 3.59. The smallest absolute Gasteiger partial charge is 0.408 e. The van der Waals surface area contributed by atoms with E-state index in [1.165, 1.54) is 4.90 Å². The second kappa shape index (κ2) is 15.0. The summed E-state index contributed by atoms with van der Waals surface area (Å²) in [6.45, 7) is 9.91. The van der Waals surface area contributed by atoms with E-state index in [-0.39, 0.29) is 25.3 Å². The number of alkyl carbamates (subject to hydrolysis) is 1. The molecule has 0 saturated heterocycles. The fraction of sp³-hybridized carbons (Fsp3) is 0.615. The van der Waals surface area contributed by atoms with Crippen molar-refractivity contribution in [2.75, 3.05) is 13.1 Å². The van der Waals surface area contributed by atoms with Gasteiger partial charge in [0.15, 0.2) is 0 Å². The first kappa shape index (κ1) is 29.9. The van der Waals surface area contributed by atoms with Crippen LogP contribution in [0.3, 0.4) is 0 Å². The molecule has 0 radical (unpaired) electrons. The molecular weight excluding hydrogens is 448 g/mol. The van der Waals surface area contributed by atoms with Crippen LogP contribution in [0.1, 0.15) is 84.7 Å². The molecule has 4 N–H and O–H groups in total. The van der Waals surface area contributed by atoms with Crippen LogP contribution in [0.4, 0.5) is 4.79 Å². The summed E-state index contributed by atoms with van der Waals surface area (Å²) >= 11 is 0. The first-order valence-electron chi connectivity index (χ1n) is 12.4. The van der Waals surface area contributed by atoms with E-state index >= 15 is 0 Å². The Labute approximate surface area is 209 Å². The van der Waals surface area contributed by atoms with Gasteiger partial charge in [-0.1, -0.05) is 57.0 Å². The fourth-order valence-corrected chi connectivity index (χ4v) is 3.59. The Balaban J connectivity index is 3.28. The molecule has 0 fully saturated rings. The third-order valence-electron chi connectivity index (χ3n) is 5.17. The van der Waals surface area contributed by atoms with E-state index < -0.39 is 35.6 Å². The minimum atomic E-state index is -1.08. The molecule has 2 atom stereocenters. The predicted molar refractivity (Wildman–Crippen MR) is 135 cm³/mol. The number of amides is 4. The van der Waals surface area contributed by atoms with E-state index in [9.17, 15) is 19.2 Å². The Bertz CT molecular complexity index is 823. The number of hydrogen-bond donors (Lipinski definition) is 3. The van der Waals surface area contributed by atoms with Gasteiger partial charge in [0.05, 0.1) is 0 Å². The van der Waals surface area contributed by atoms with Crippen molar-refractivity contribution in [1.29, 1.82) is 0 Å². The summed E-state index contributed by atoms with van der Waals surface area (Å²) < 4.78 is 5.32. The van der Waals surface area contributed by atoms with Gasteiger partial charge in [-0.15, -0.1) is 0 Å². The van der Waals surface area contributed by atoms with Crippen LogP contribution >= 0.6 is 0 Å². The highest BCUT2D eigenvalue weighted by Gasteiger charge is 2.35. The van der Waals surface area contributed by atoms with Gasteiger partial charge in [-0.3, -0.25) is 14.4 Å². The summed E-state index contributed by atoms with van der Waals surface area (Å²) in [6.07, 6.45) is 2.55. The van der Waals surface area contributed by atoms with E-state index in [1.807, 2.05) is 25.1 Å². The van der Waals surface area contributed by atoms with Gasteiger partial charge >= 0.3 is 6.09 Å². The van der Waals surface area contributed by atoms with E-state index in [2.05, 4.69) is 17.6 Å². The lowest BCUT2D eigenvalue weighted by Crippen LogP contribution is -2.53. The van der Waals surface area contributed by atoms with Crippen molar-refractivity contribution in [2.24, 2.45) is 5.73 Å². The van der Waals surface area contributed by atoms with Crippen molar-refractivity contribution >= 4 is 23.8 Å². The Hall–Kier alpha value is -3.10. The van der Waals surface area contributed by atoms with Crippen molar-refractivity contribution in [2.45, 2.75) is 90.8 Å². The zero-order valence-electron chi connectivity index (χ0n) is 21.8. The van der Waals surface area contributed by atoms with E-state index in [4.69, 9.17) is 10.5 Å². The first-order valence-corrected chi connectivity index (χ1v) is 12.4. The number of hydrogen-bond acceptors (Lipinski definition) is 5. The van der Waals surface area contributed by atoms with Gasteiger partial charge in [-0.05, 0) is 45.6 Å². The summed E-state index contributed by atoms with van der Waals surface area (Å²) in [5.74, 6) is -1.36. The third-order valence-corrected chi connectivity index (χ3v) is 5.17. The molecule has 1 aromatic rings. The molecule has 0 aliphatic rings. The topological polar surface area (TPSA) is 131 Å². The van der Waals surface area contributed by atoms with Crippen molar-refractivity contribution < 1.29 is 23.9 Å². The quantitative estimate of drug-likeness (QED) is 0.344. The number of nitrogens with two attached hydrogens (primary N) is 1. The molecular formula is C26H42N4O5. The maximum Gasteiger partial charge on any atom is 0.408 e. The molecule has 0 bridgehead atoms. The molecule has 0 heterocycles. The minimum absolute atomic E-state index is 0.00669. The lowest BCUT2D eigenvalue weighted by molar-refractivity contribution is -0.142. The van der Waals surface area contributed by atoms with Crippen LogP contribution in [0.5, 0.6) is 0 Å². The van der Waals surface area contributed by atoms with Gasteiger partial charge in [0.2, 0.25) is 17.7 Å². The van der Waals surface area contributed by atoms with Gasteiger partial charge in [-0.25, -0.2) is 4.79 Å². The molecule has 196 valence electrons. The molecule has 0 spiro atoms. The van der Waals surface area contributed by atoms with E-state index in [0.29, 0.717) is 18.5 Å². The summed E-state index contributed by atoms with van der Waals surface area (Å²) in [5, 5.41) is 5.53. The molecule has 0 saturated carbocycles. The average Bonchev–Trinajstić information content (AvgIpc) is 2.78. The molecule has 1 aromatic carbocycles. The largest absolute Gasteiger partial charge is 0.444 e. The predicted octanol–water partition coefficient (Wildman–Crippen LogP) is 3.43. The summed E-state index contributed by atoms with van der Waals surface area (Å²) in [5.41, 5.74) is 5.21. The number of unbranched alkanes of at least 4 members (excludes halogenated alkanes) is 2. The molecule has 35 heavy (non-hydrogen) atoms. The van der Waals surface area contributed by atoms with Crippen LogP contribution in [-0.2, 0) is 19.1 Å². The van der Waals surface area contributed by atoms with E-state index in [0.717, 1.165) is 19.3 Å². The maximum atomic E-state index is 13.8. The van der Waals surface area contributed by atoms with Gasteiger partial charge in [0, 0.05) is 19.5 Å². The van der Waals surface area contributed by atoms with Crippen LogP contribution in [0.25, 0.3) is 0 Å². The zero-order chi connectivity index (χ0) is 26.4. The highest BCUT2D eigenvalue weighted by Crippen LogP contribution is 2.24. The molecule has 2 unspecified atom stereocenters. The summed E-state index contributed by atoms with van der Waals surface area (Å²) in [6, 6.07) is 7.09. The van der Waals surface area contributed by atoms with Gasteiger partial charge in [0.25, 0.3) is 0 Å². The van der Waals surface area contributed by atoms with Gasteiger partial charge in [-0.2, -0.15) is 0 Å². The van der Waals surface area contributed by atoms with Crippen molar-refractivity contribution in [1.82, 2.24) is 15.5 Å². The number of primary amides is 1. The minimum Gasteiger partial charge on any atom is -0.444 e. The number of nitrogens with one attached hydrogen (secondary N) is 2. The zero-order valence-corrected chi connectivity index (χ0v) is 21.8. The molecule has 0 aromatic heterocycles. The number of carbonyl (C=O) groups excluding carboxylic acids is 4. The number of carbonyl (C=O) groups is 4. The Kier molecular flexibility index (Phi) is 12.8. The van der Waals surface area contributed by atoms with Crippen LogP contribution < -0.4 is 16.4 Å². The number of ether oxygens (including phenoxy) is 1. The second-order valence-corrected chi connectivity index (χ2v) is 9.55. The Morgan fingerprint density at radius 1 is 1.03 bits per heavy atom. The third kappa shape index (κ3) is 11.2. The van der Waals surface area contributed by atoms with Crippen molar-refractivity contribution in [3.8, 4) is 0 Å². The molecule has 9 heteroatoms. The van der Waals surface area contributed by atoms with Crippen LogP contribution in [0.15, 0.2) is 30.3 Å². The molecule has 0 aliphatic heterocycles. The molecule has 9 nitrogen and oxygen atoms in total. The first-order chi connectivity index (χ1) is 16.5. The maximum absolute atomic E-state index is 13.8. The van der Waals surface area contributed by atoms with Crippen LogP contribution in [0, 0.1) is 0 Å². The van der Waals surface area contributed by atoms with Crippen molar-refractivity contribution in [3.63, 3.8) is 0 Å². The number of benzene rings is 1. The average molecular weight is 491 g/mol. The Morgan fingerprint density at radius 3 is 2.23 bits per heavy atom. The SMILES string of the molecule is CCCCCNC(=O)C(c1ccccc1)N(CCC)C(=O)C(CCC(N)=O)NC(=O)OC(C)(C)C. The van der Waals surface area contributed by atoms with Crippen molar-refractivity contribution in [3.05, 3.63) is 35.9 Å². The van der Waals surface area contributed by atoms with Gasteiger partial charge < -0.3 is 26.0 Å². The summed E-state index contributed by atoms with van der Waals surface area (Å²) in [4.78, 5) is 52.5. The monoisotopic (exact) mass is 490 g/mol. The molecule has 4 amide bonds. The van der Waals surface area contributed by atoms with Crippen LogP contribution in [-0.4, -0.2) is 53.4 Å². The standard InChI is InChI=1S/C26H42N4O5/c1-6-8-12-17-28-23(32)22(19-13-10-9-11-14-19)30(18-7-2)24(33)20(15-16-21(27)31)29-25(34)35-26(3,4)5/h9-11,13-14,20,22H,6-8,12,15-18H2,1-5H3,(H2,27,31)(H,28,32)(H,29,34). The van der Waals surface area contributed by atoms with Crippen LogP contribution in [0.2, 0.25) is 0 Å². The lowest BCUT2D eigenvalue weighted by atomic mass is 10.0. The lowest BCUT2D eigenvalue weighted by Gasteiger charge is -2.34. The van der Waals surface area contributed by atoms with Gasteiger partial charge in [0.1, 0.15) is 17.7 Å². The molecule has 0 aliphatic carbocycles.